The Hall–Kier alpha value is -2.12. The van der Waals surface area contributed by atoms with Crippen LogP contribution in [0.25, 0.3) is 0 Å². The van der Waals surface area contributed by atoms with Crippen LogP contribution in [-0.2, 0) is 13.1 Å². The van der Waals surface area contributed by atoms with Gasteiger partial charge in [-0.2, -0.15) is 0 Å². The molecule has 0 spiro atoms. The molecule has 0 radical (unpaired) electrons. The van der Waals surface area contributed by atoms with Gasteiger partial charge in [0, 0.05) is 31.1 Å². The fraction of sp³-hybridized carbons (Fsp3) is 0.545. The molecule has 2 rings (SSSR count). The summed E-state index contributed by atoms with van der Waals surface area (Å²) < 4.78 is 6.04. The standard InChI is InChI=1S/C22H35N5OS/c1-6-27(7-2)12-13-28-20-11-9-8-10-18(20)14-24-22(23-5)25-15-21-26-19(16-29-21)17(3)4/h8-11,16-17H,6-7,12-15H2,1-5H3,(H2,23,24,25). The molecule has 29 heavy (non-hydrogen) atoms. The smallest absolute Gasteiger partial charge is 0.191 e. The van der Waals surface area contributed by atoms with E-state index in [4.69, 9.17) is 4.74 Å². The van der Waals surface area contributed by atoms with Crippen LogP contribution in [0.4, 0.5) is 0 Å². The topological polar surface area (TPSA) is 61.8 Å². The summed E-state index contributed by atoms with van der Waals surface area (Å²) in [7, 11) is 1.78. The monoisotopic (exact) mass is 417 g/mol. The Labute approximate surface area is 179 Å². The number of nitrogens with zero attached hydrogens (tertiary/aromatic N) is 3. The molecule has 0 aliphatic rings. The van der Waals surface area contributed by atoms with Crippen molar-refractivity contribution >= 4 is 17.3 Å². The number of aromatic nitrogens is 1. The van der Waals surface area contributed by atoms with Gasteiger partial charge in [-0.1, -0.05) is 45.9 Å². The number of benzene rings is 1. The fourth-order valence-electron chi connectivity index (χ4n) is 2.85. The maximum Gasteiger partial charge on any atom is 0.191 e. The minimum absolute atomic E-state index is 0.454. The Morgan fingerprint density at radius 1 is 1.17 bits per heavy atom. The van der Waals surface area contributed by atoms with Crippen LogP contribution in [0, 0.1) is 0 Å². The molecule has 0 saturated carbocycles. The number of para-hydroxylation sites is 1. The van der Waals surface area contributed by atoms with Crippen molar-refractivity contribution in [1.82, 2.24) is 20.5 Å². The molecule has 6 nitrogen and oxygen atoms in total. The highest BCUT2D eigenvalue weighted by molar-refractivity contribution is 7.09. The van der Waals surface area contributed by atoms with Crippen molar-refractivity contribution in [2.75, 3.05) is 33.3 Å². The van der Waals surface area contributed by atoms with E-state index < -0.39 is 0 Å². The zero-order valence-corrected chi connectivity index (χ0v) is 19.2. The van der Waals surface area contributed by atoms with Crippen LogP contribution in [0.3, 0.4) is 0 Å². The van der Waals surface area contributed by atoms with Crippen LogP contribution < -0.4 is 15.4 Å². The molecule has 0 aliphatic carbocycles. The number of likely N-dealkylation sites (N-methyl/N-ethyl adjacent to an activating group) is 1. The van der Waals surface area contributed by atoms with Crippen LogP contribution in [0.15, 0.2) is 34.6 Å². The summed E-state index contributed by atoms with van der Waals surface area (Å²) in [5, 5.41) is 9.91. The Morgan fingerprint density at radius 3 is 2.55 bits per heavy atom. The van der Waals surface area contributed by atoms with Gasteiger partial charge < -0.3 is 20.3 Å². The molecular formula is C22H35N5OS. The van der Waals surface area contributed by atoms with Gasteiger partial charge in [-0.25, -0.2) is 4.98 Å². The molecular weight excluding hydrogens is 382 g/mol. The number of nitrogens with one attached hydrogen (secondary N) is 2. The lowest BCUT2D eigenvalue weighted by atomic mass is 10.2. The zero-order valence-electron chi connectivity index (χ0n) is 18.4. The quantitative estimate of drug-likeness (QED) is 0.429. The van der Waals surface area contributed by atoms with Crippen molar-refractivity contribution in [1.29, 1.82) is 0 Å². The second-order valence-corrected chi connectivity index (χ2v) is 8.03. The highest BCUT2D eigenvalue weighted by Crippen LogP contribution is 2.18. The molecule has 0 bridgehead atoms. The van der Waals surface area contributed by atoms with Crippen LogP contribution in [-0.4, -0.2) is 49.1 Å². The van der Waals surface area contributed by atoms with Gasteiger partial charge in [-0.3, -0.25) is 4.99 Å². The van der Waals surface area contributed by atoms with E-state index in [-0.39, 0.29) is 0 Å². The van der Waals surface area contributed by atoms with E-state index in [1.807, 2.05) is 18.2 Å². The van der Waals surface area contributed by atoms with Gasteiger partial charge >= 0.3 is 0 Å². The van der Waals surface area contributed by atoms with E-state index in [1.54, 1.807) is 18.4 Å². The second-order valence-electron chi connectivity index (χ2n) is 7.08. The summed E-state index contributed by atoms with van der Waals surface area (Å²) in [6.45, 7) is 13.7. The fourth-order valence-corrected chi connectivity index (χ4v) is 3.74. The van der Waals surface area contributed by atoms with Gasteiger partial charge in [-0.05, 0) is 25.1 Å². The predicted octanol–water partition coefficient (Wildman–Crippen LogP) is 3.85. The number of thiazole rings is 1. The average Bonchev–Trinajstić information content (AvgIpc) is 3.21. The highest BCUT2D eigenvalue weighted by atomic mass is 32.1. The van der Waals surface area contributed by atoms with Crippen LogP contribution >= 0.6 is 11.3 Å². The minimum atomic E-state index is 0.454. The molecule has 2 aromatic rings. The molecule has 0 saturated heterocycles. The Kier molecular flexibility index (Phi) is 9.94. The van der Waals surface area contributed by atoms with E-state index >= 15 is 0 Å². The van der Waals surface area contributed by atoms with Gasteiger partial charge in [0.15, 0.2) is 5.96 Å². The molecule has 0 fully saturated rings. The first kappa shape index (κ1) is 23.2. The third kappa shape index (κ3) is 7.66. The Morgan fingerprint density at radius 2 is 1.90 bits per heavy atom. The predicted molar refractivity (Wildman–Crippen MR) is 123 cm³/mol. The summed E-state index contributed by atoms with van der Waals surface area (Å²) in [5.41, 5.74) is 2.26. The van der Waals surface area contributed by atoms with Gasteiger partial charge in [0.25, 0.3) is 0 Å². The van der Waals surface area contributed by atoms with Crippen molar-refractivity contribution in [3.63, 3.8) is 0 Å². The summed E-state index contributed by atoms with van der Waals surface area (Å²) in [6.07, 6.45) is 0. The minimum Gasteiger partial charge on any atom is -0.492 e. The number of guanidine groups is 1. The molecule has 0 atom stereocenters. The number of aliphatic imine (C=N–C) groups is 1. The average molecular weight is 418 g/mol. The van der Waals surface area contributed by atoms with Crippen molar-refractivity contribution in [3.8, 4) is 5.75 Å². The first-order valence-electron chi connectivity index (χ1n) is 10.4. The molecule has 0 unspecified atom stereocenters. The van der Waals surface area contributed by atoms with E-state index in [1.165, 1.54) is 0 Å². The maximum atomic E-state index is 6.04. The molecule has 1 aromatic carbocycles. The van der Waals surface area contributed by atoms with E-state index in [2.05, 4.69) is 64.7 Å². The van der Waals surface area contributed by atoms with Crippen LogP contribution in [0.1, 0.15) is 49.9 Å². The van der Waals surface area contributed by atoms with Gasteiger partial charge in [-0.15, -0.1) is 11.3 Å². The van der Waals surface area contributed by atoms with Crippen molar-refractivity contribution in [3.05, 3.63) is 45.9 Å². The van der Waals surface area contributed by atoms with Gasteiger partial charge in [0.05, 0.1) is 12.2 Å². The van der Waals surface area contributed by atoms with E-state index in [0.29, 0.717) is 25.6 Å². The molecule has 7 heteroatoms. The lowest BCUT2D eigenvalue weighted by Crippen LogP contribution is -2.36. The van der Waals surface area contributed by atoms with Crippen molar-refractivity contribution in [2.45, 2.75) is 46.7 Å². The lowest BCUT2D eigenvalue weighted by molar-refractivity contribution is 0.221. The number of rotatable bonds is 11. The van der Waals surface area contributed by atoms with Crippen LogP contribution in [0.2, 0.25) is 0 Å². The summed E-state index contributed by atoms with van der Waals surface area (Å²) in [4.78, 5) is 11.3. The summed E-state index contributed by atoms with van der Waals surface area (Å²) in [6, 6.07) is 8.16. The summed E-state index contributed by atoms with van der Waals surface area (Å²) in [5.74, 6) is 2.13. The number of ether oxygens (including phenoxy) is 1. The van der Waals surface area contributed by atoms with E-state index in [0.717, 1.165) is 47.6 Å². The molecule has 160 valence electrons. The van der Waals surface area contributed by atoms with E-state index in [9.17, 15) is 0 Å². The normalized spacial score (nSPS) is 11.9. The lowest BCUT2D eigenvalue weighted by Gasteiger charge is -2.19. The molecule has 0 amide bonds. The highest BCUT2D eigenvalue weighted by Gasteiger charge is 2.08. The largest absolute Gasteiger partial charge is 0.492 e. The van der Waals surface area contributed by atoms with Gasteiger partial charge in [0.2, 0.25) is 0 Å². The van der Waals surface area contributed by atoms with Gasteiger partial charge in [0.1, 0.15) is 17.4 Å². The summed E-state index contributed by atoms with van der Waals surface area (Å²) >= 11 is 1.68. The van der Waals surface area contributed by atoms with Crippen LogP contribution in [0.5, 0.6) is 5.75 Å². The first-order chi connectivity index (χ1) is 14.1. The third-order valence-corrected chi connectivity index (χ3v) is 5.64. The number of hydrogen-bond acceptors (Lipinski definition) is 5. The maximum absolute atomic E-state index is 6.04. The second kappa shape index (κ2) is 12.4. The third-order valence-electron chi connectivity index (χ3n) is 4.77. The Bertz CT molecular complexity index is 755. The SMILES string of the molecule is CCN(CC)CCOc1ccccc1CNC(=NC)NCc1nc(C(C)C)cs1. The Balaban J connectivity index is 1.85. The molecule has 2 N–H and O–H groups in total. The van der Waals surface area contributed by atoms with Crippen molar-refractivity contribution < 1.29 is 4.74 Å². The van der Waals surface area contributed by atoms with Crippen molar-refractivity contribution in [2.24, 2.45) is 4.99 Å². The molecule has 0 aliphatic heterocycles. The zero-order chi connectivity index (χ0) is 21.1. The molecule has 1 aromatic heterocycles. The first-order valence-corrected chi connectivity index (χ1v) is 11.3. The number of hydrogen-bond donors (Lipinski definition) is 2. The molecule has 1 heterocycles.